The minimum Gasteiger partial charge on any atom is -0.502 e. The highest BCUT2D eigenvalue weighted by atomic mass is 127. The Morgan fingerprint density at radius 3 is 2.53 bits per heavy atom. The van der Waals surface area contributed by atoms with Gasteiger partial charge in [0.2, 0.25) is 5.88 Å². The molecular weight excluding hydrogens is 330 g/mol. The SMILES string of the molecule is COc1nc(OC(F)(F)F)cc(I)c1O. The minimum atomic E-state index is -4.82. The second-order valence-electron chi connectivity index (χ2n) is 2.35. The van der Waals surface area contributed by atoms with E-state index in [9.17, 15) is 18.3 Å². The van der Waals surface area contributed by atoms with E-state index in [0.717, 1.165) is 6.07 Å². The molecule has 0 bridgehead atoms. The summed E-state index contributed by atoms with van der Waals surface area (Å²) in [5.41, 5.74) is 0. The van der Waals surface area contributed by atoms with Gasteiger partial charge in [0.1, 0.15) is 0 Å². The first-order chi connectivity index (χ1) is 6.83. The Balaban J connectivity index is 3.06. The summed E-state index contributed by atoms with van der Waals surface area (Å²) in [5.74, 6) is -1.32. The van der Waals surface area contributed by atoms with E-state index in [-0.39, 0.29) is 15.2 Å². The van der Waals surface area contributed by atoms with Crippen LogP contribution in [0.1, 0.15) is 0 Å². The Bertz CT molecular complexity index is 369. The molecule has 0 saturated carbocycles. The molecule has 0 atom stereocenters. The first-order valence-corrected chi connectivity index (χ1v) is 4.60. The average molecular weight is 335 g/mol. The summed E-state index contributed by atoms with van der Waals surface area (Å²) in [5, 5.41) is 9.29. The maximum Gasteiger partial charge on any atom is 0.574 e. The molecule has 0 aliphatic rings. The molecule has 8 heteroatoms. The second kappa shape index (κ2) is 4.29. The van der Waals surface area contributed by atoms with Gasteiger partial charge in [-0.2, -0.15) is 4.98 Å². The normalized spacial score (nSPS) is 11.3. The van der Waals surface area contributed by atoms with Crippen molar-refractivity contribution in [3.05, 3.63) is 9.64 Å². The largest absolute Gasteiger partial charge is 0.574 e. The molecule has 4 nitrogen and oxygen atoms in total. The number of hydrogen-bond acceptors (Lipinski definition) is 4. The first-order valence-electron chi connectivity index (χ1n) is 3.52. The molecule has 1 N–H and O–H groups in total. The average Bonchev–Trinajstić information content (AvgIpc) is 2.08. The van der Waals surface area contributed by atoms with Gasteiger partial charge >= 0.3 is 6.36 Å². The third-order valence-corrected chi connectivity index (χ3v) is 2.13. The van der Waals surface area contributed by atoms with Crippen molar-refractivity contribution in [2.45, 2.75) is 6.36 Å². The smallest absolute Gasteiger partial charge is 0.502 e. The molecule has 0 aliphatic carbocycles. The van der Waals surface area contributed by atoms with E-state index in [1.54, 1.807) is 22.6 Å². The van der Waals surface area contributed by atoms with Gasteiger partial charge in [-0.1, -0.05) is 0 Å². The van der Waals surface area contributed by atoms with Crippen LogP contribution < -0.4 is 9.47 Å². The van der Waals surface area contributed by atoms with Crippen molar-refractivity contribution in [3.63, 3.8) is 0 Å². The molecule has 1 heterocycles. The number of rotatable bonds is 2. The molecule has 0 radical (unpaired) electrons. The lowest BCUT2D eigenvalue weighted by molar-refractivity contribution is -0.276. The van der Waals surface area contributed by atoms with E-state index >= 15 is 0 Å². The molecule has 84 valence electrons. The third-order valence-electron chi connectivity index (χ3n) is 1.30. The number of halogens is 4. The quantitative estimate of drug-likeness (QED) is 0.843. The van der Waals surface area contributed by atoms with Gasteiger partial charge in [-0.05, 0) is 22.6 Å². The van der Waals surface area contributed by atoms with Gasteiger partial charge in [-0.25, -0.2) is 0 Å². The lowest BCUT2D eigenvalue weighted by Crippen LogP contribution is -2.18. The third kappa shape index (κ3) is 3.29. The summed E-state index contributed by atoms with van der Waals surface area (Å²) in [4.78, 5) is 3.32. The zero-order valence-electron chi connectivity index (χ0n) is 7.30. The van der Waals surface area contributed by atoms with Crippen molar-refractivity contribution in [1.82, 2.24) is 4.98 Å². The standard InChI is InChI=1S/C7H5F3INO3/c1-14-6-5(13)3(11)2-4(12-6)15-7(8,9)10/h2,13H,1H3. The highest BCUT2D eigenvalue weighted by molar-refractivity contribution is 14.1. The Kier molecular flexibility index (Phi) is 3.47. The van der Waals surface area contributed by atoms with Crippen LogP contribution in [0, 0.1) is 3.57 Å². The monoisotopic (exact) mass is 335 g/mol. The maximum atomic E-state index is 11.8. The van der Waals surface area contributed by atoms with E-state index in [1.165, 1.54) is 7.11 Å². The zero-order chi connectivity index (χ0) is 11.6. The Labute approximate surface area is 96.2 Å². The van der Waals surface area contributed by atoms with Crippen LogP contribution in [0.15, 0.2) is 6.07 Å². The van der Waals surface area contributed by atoms with Crippen LogP contribution in [0.25, 0.3) is 0 Å². The zero-order valence-corrected chi connectivity index (χ0v) is 9.46. The van der Waals surface area contributed by atoms with Gasteiger partial charge in [-0.15, -0.1) is 13.2 Å². The number of methoxy groups -OCH3 is 1. The van der Waals surface area contributed by atoms with E-state index in [4.69, 9.17) is 0 Å². The summed E-state index contributed by atoms with van der Waals surface area (Å²) >= 11 is 1.63. The van der Waals surface area contributed by atoms with Crippen molar-refractivity contribution in [2.24, 2.45) is 0 Å². The predicted octanol–water partition coefficient (Wildman–Crippen LogP) is 2.30. The summed E-state index contributed by atoms with van der Waals surface area (Å²) in [7, 11) is 1.18. The molecule has 0 spiro atoms. The molecule has 0 saturated heterocycles. The molecule has 0 unspecified atom stereocenters. The lowest BCUT2D eigenvalue weighted by Gasteiger charge is -2.10. The number of alkyl halides is 3. The Morgan fingerprint density at radius 2 is 2.07 bits per heavy atom. The van der Waals surface area contributed by atoms with Crippen molar-refractivity contribution in [2.75, 3.05) is 7.11 Å². The number of hydrogen-bond donors (Lipinski definition) is 1. The van der Waals surface area contributed by atoms with Gasteiger partial charge in [0, 0.05) is 6.07 Å². The Morgan fingerprint density at radius 1 is 1.47 bits per heavy atom. The van der Waals surface area contributed by atoms with Crippen molar-refractivity contribution in [3.8, 4) is 17.5 Å². The van der Waals surface area contributed by atoms with Crippen molar-refractivity contribution >= 4 is 22.6 Å². The van der Waals surface area contributed by atoms with Crippen molar-refractivity contribution in [1.29, 1.82) is 0 Å². The van der Waals surface area contributed by atoms with Crippen LogP contribution in [0.4, 0.5) is 13.2 Å². The number of aromatic nitrogens is 1. The van der Waals surface area contributed by atoms with E-state index in [2.05, 4.69) is 14.5 Å². The highest BCUT2D eigenvalue weighted by Crippen LogP contribution is 2.33. The van der Waals surface area contributed by atoms with E-state index in [0.29, 0.717) is 0 Å². The van der Waals surface area contributed by atoms with Crippen molar-refractivity contribution < 1.29 is 27.8 Å². The minimum absolute atomic E-state index is 0.152. The number of nitrogens with zero attached hydrogens (tertiary/aromatic N) is 1. The van der Waals surface area contributed by atoms with Crippen LogP contribution in [-0.4, -0.2) is 23.6 Å². The summed E-state index contributed by atoms with van der Waals surface area (Å²) < 4.78 is 43.8. The number of pyridine rings is 1. The highest BCUT2D eigenvalue weighted by Gasteiger charge is 2.32. The molecule has 0 fully saturated rings. The predicted molar refractivity (Wildman–Crippen MR) is 51.9 cm³/mol. The van der Waals surface area contributed by atoms with Gasteiger partial charge in [0.15, 0.2) is 5.75 Å². The molecule has 0 amide bonds. The second-order valence-corrected chi connectivity index (χ2v) is 3.51. The summed E-state index contributed by atoms with van der Waals surface area (Å²) in [6, 6.07) is 0.950. The van der Waals surface area contributed by atoms with Crippen LogP contribution in [0.2, 0.25) is 0 Å². The van der Waals surface area contributed by atoms with Gasteiger partial charge in [0.05, 0.1) is 10.7 Å². The molecule has 1 aromatic rings. The topological polar surface area (TPSA) is 51.6 Å². The fraction of sp³-hybridized carbons (Fsp3) is 0.286. The summed E-state index contributed by atoms with van der Waals surface area (Å²) in [6.07, 6.45) is -4.82. The molecule has 0 aromatic carbocycles. The van der Waals surface area contributed by atoms with Crippen LogP contribution >= 0.6 is 22.6 Å². The fourth-order valence-electron chi connectivity index (χ4n) is 0.777. The first kappa shape index (κ1) is 12.1. The molecule has 1 aromatic heterocycles. The van der Waals surface area contributed by atoms with E-state index in [1.807, 2.05) is 0 Å². The van der Waals surface area contributed by atoms with Crippen LogP contribution in [-0.2, 0) is 0 Å². The van der Waals surface area contributed by atoms with Gasteiger partial charge in [0.25, 0.3) is 5.88 Å². The molecule has 1 rings (SSSR count). The Hall–Kier alpha value is -0.930. The van der Waals surface area contributed by atoms with Crippen LogP contribution in [0.3, 0.4) is 0 Å². The lowest BCUT2D eigenvalue weighted by atomic mass is 10.4. The molecule has 15 heavy (non-hydrogen) atoms. The molecule has 0 aliphatic heterocycles. The van der Waals surface area contributed by atoms with Gasteiger partial charge < -0.3 is 14.6 Å². The van der Waals surface area contributed by atoms with Crippen LogP contribution in [0.5, 0.6) is 17.5 Å². The molecular formula is C7H5F3INO3. The number of aromatic hydroxyl groups is 1. The number of ether oxygens (including phenoxy) is 2. The fourth-order valence-corrected chi connectivity index (χ4v) is 1.27. The van der Waals surface area contributed by atoms with Gasteiger partial charge in [-0.3, -0.25) is 0 Å². The van der Waals surface area contributed by atoms with E-state index < -0.39 is 12.2 Å². The maximum absolute atomic E-state index is 11.8. The summed E-state index contributed by atoms with van der Waals surface area (Å²) in [6.45, 7) is 0.